The van der Waals surface area contributed by atoms with Crippen molar-refractivity contribution < 1.29 is 9.53 Å². The summed E-state index contributed by atoms with van der Waals surface area (Å²) in [4.78, 5) is 11.0. The maximum atomic E-state index is 11.0. The zero-order chi connectivity index (χ0) is 11.4. The number of rotatable bonds is 2. The molecule has 0 amide bonds. The fourth-order valence-corrected chi connectivity index (χ4v) is 2.20. The minimum absolute atomic E-state index is 0.546. The number of benzene rings is 1. The lowest BCUT2D eigenvalue weighted by molar-refractivity contribution is 0.0672. The van der Waals surface area contributed by atoms with Gasteiger partial charge in [-0.15, -0.1) is 0 Å². The summed E-state index contributed by atoms with van der Waals surface area (Å²) >= 11 is 0. The molecule has 1 aliphatic heterocycles. The van der Waals surface area contributed by atoms with Crippen LogP contribution in [0.15, 0.2) is 24.3 Å². The van der Waals surface area contributed by atoms with Crippen LogP contribution in [-0.2, 0) is 10.2 Å². The third-order valence-corrected chi connectivity index (χ3v) is 3.16. The molecule has 0 aromatic heterocycles. The van der Waals surface area contributed by atoms with Gasteiger partial charge in [0, 0.05) is 18.8 Å². The molecule has 0 atom stereocenters. The van der Waals surface area contributed by atoms with E-state index in [9.17, 15) is 10.1 Å². The molecule has 3 heteroatoms. The van der Waals surface area contributed by atoms with E-state index < -0.39 is 5.41 Å². The number of nitrogens with zero attached hydrogens (tertiary/aromatic N) is 1. The first-order valence-electron chi connectivity index (χ1n) is 5.36. The van der Waals surface area contributed by atoms with Gasteiger partial charge in [-0.3, -0.25) is 4.79 Å². The molecule has 0 unspecified atom stereocenters. The van der Waals surface area contributed by atoms with Gasteiger partial charge in [-0.1, -0.05) is 24.3 Å². The van der Waals surface area contributed by atoms with Gasteiger partial charge in [-0.25, -0.2) is 0 Å². The van der Waals surface area contributed by atoms with Crippen molar-refractivity contribution in [2.45, 2.75) is 18.3 Å². The van der Waals surface area contributed by atoms with Crippen LogP contribution in [0.2, 0.25) is 0 Å². The van der Waals surface area contributed by atoms with E-state index in [2.05, 4.69) is 6.07 Å². The number of carbonyl (C=O) groups excluding carboxylic acids is 1. The molecule has 1 heterocycles. The van der Waals surface area contributed by atoms with E-state index in [-0.39, 0.29) is 0 Å². The Bertz CT molecular complexity index is 428. The first-order chi connectivity index (χ1) is 7.82. The van der Waals surface area contributed by atoms with E-state index in [4.69, 9.17) is 4.74 Å². The van der Waals surface area contributed by atoms with Gasteiger partial charge in [-0.05, 0) is 18.4 Å². The number of ether oxygens (including phenoxy) is 1. The molecular weight excluding hydrogens is 202 g/mol. The highest BCUT2D eigenvalue weighted by Crippen LogP contribution is 2.35. The number of aldehydes is 1. The molecular formula is C13H13NO2. The summed E-state index contributed by atoms with van der Waals surface area (Å²) in [5, 5.41) is 9.39. The first kappa shape index (κ1) is 10.8. The molecule has 0 radical (unpaired) electrons. The average Bonchev–Trinajstić information content (AvgIpc) is 2.39. The molecule has 1 aliphatic rings. The smallest absolute Gasteiger partial charge is 0.150 e. The van der Waals surface area contributed by atoms with Crippen molar-refractivity contribution in [3.05, 3.63) is 35.4 Å². The molecule has 1 saturated heterocycles. The molecule has 1 fully saturated rings. The predicted molar refractivity (Wildman–Crippen MR) is 59.2 cm³/mol. The second-order valence-electron chi connectivity index (χ2n) is 4.01. The summed E-state index contributed by atoms with van der Waals surface area (Å²) in [5.41, 5.74) is 0.914. The second-order valence-corrected chi connectivity index (χ2v) is 4.01. The zero-order valence-electron chi connectivity index (χ0n) is 8.98. The molecule has 1 aromatic carbocycles. The Morgan fingerprint density at radius 1 is 1.31 bits per heavy atom. The topological polar surface area (TPSA) is 50.1 Å². The minimum atomic E-state index is -0.546. The first-order valence-corrected chi connectivity index (χ1v) is 5.36. The number of carbonyl (C=O) groups is 1. The molecule has 2 rings (SSSR count). The Hall–Kier alpha value is -1.66. The second kappa shape index (κ2) is 4.46. The monoisotopic (exact) mass is 215 g/mol. The van der Waals surface area contributed by atoms with E-state index in [0.29, 0.717) is 31.6 Å². The van der Waals surface area contributed by atoms with Gasteiger partial charge >= 0.3 is 0 Å². The Labute approximate surface area is 94.6 Å². The van der Waals surface area contributed by atoms with Gasteiger partial charge < -0.3 is 4.74 Å². The lowest BCUT2D eigenvalue weighted by Crippen LogP contribution is -2.33. The molecule has 0 bridgehead atoms. The highest BCUT2D eigenvalue weighted by atomic mass is 16.5. The van der Waals surface area contributed by atoms with E-state index in [0.717, 1.165) is 11.8 Å². The van der Waals surface area contributed by atoms with Crippen molar-refractivity contribution in [3.8, 4) is 6.07 Å². The van der Waals surface area contributed by atoms with Gasteiger partial charge in [0.05, 0.1) is 11.5 Å². The standard InChI is InChI=1S/C13H13NO2/c14-10-13(5-7-16-8-6-13)12-4-2-1-3-11(12)9-15/h1-4,9H,5-8H2. The van der Waals surface area contributed by atoms with Crippen molar-refractivity contribution in [2.75, 3.05) is 13.2 Å². The van der Waals surface area contributed by atoms with Crippen LogP contribution in [0.1, 0.15) is 28.8 Å². The summed E-state index contributed by atoms with van der Waals surface area (Å²) < 4.78 is 5.28. The Morgan fingerprint density at radius 3 is 2.62 bits per heavy atom. The normalized spacial score (nSPS) is 18.7. The lowest BCUT2D eigenvalue weighted by Gasteiger charge is -2.31. The van der Waals surface area contributed by atoms with Crippen LogP contribution in [-0.4, -0.2) is 19.5 Å². The van der Waals surface area contributed by atoms with Crippen molar-refractivity contribution in [1.29, 1.82) is 5.26 Å². The summed E-state index contributed by atoms with van der Waals surface area (Å²) in [6.45, 7) is 1.17. The highest BCUT2D eigenvalue weighted by Gasteiger charge is 2.36. The van der Waals surface area contributed by atoms with Crippen LogP contribution in [0.4, 0.5) is 0 Å². The molecule has 0 N–H and O–H groups in total. The molecule has 0 aliphatic carbocycles. The van der Waals surface area contributed by atoms with Crippen molar-refractivity contribution >= 4 is 6.29 Å². The summed E-state index contributed by atoms with van der Waals surface area (Å²) in [5.74, 6) is 0. The third kappa shape index (κ3) is 1.72. The zero-order valence-corrected chi connectivity index (χ0v) is 8.98. The van der Waals surface area contributed by atoms with Crippen LogP contribution in [0.3, 0.4) is 0 Å². The fraction of sp³-hybridized carbons (Fsp3) is 0.385. The maximum absolute atomic E-state index is 11.0. The summed E-state index contributed by atoms with van der Waals surface area (Å²) in [6.07, 6.45) is 2.15. The molecule has 1 aromatic rings. The third-order valence-electron chi connectivity index (χ3n) is 3.16. The van der Waals surface area contributed by atoms with Crippen LogP contribution < -0.4 is 0 Å². The van der Waals surface area contributed by atoms with Gasteiger partial charge in [0.15, 0.2) is 0 Å². The highest BCUT2D eigenvalue weighted by molar-refractivity contribution is 5.78. The number of nitriles is 1. The van der Waals surface area contributed by atoms with Crippen molar-refractivity contribution in [1.82, 2.24) is 0 Å². The SMILES string of the molecule is N#CC1(c2ccccc2C=O)CCOCC1. The molecule has 0 spiro atoms. The van der Waals surface area contributed by atoms with Crippen molar-refractivity contribution in [2.24, 2.45) is 0 Å². The van der Waals surface area contributed by atoms with E-state index in [1.165, 1.54) is 0 Å². The Morgan fingerprint density at radius 2 is 2.00 bits per heavy atom. The van der Waals surface area contributed by atoms with Crippen LogP contribution in [0, 0.1) is 11.3 Å². The van der Waals surface area contributed by atoms with E-state index in [1.54, 1.807) is 6.07 Å². The summed E-state index contributed by atoms with van der Waals surface area (Å²) in [7, 11) is 0. The fourth-order valence-electron chi connectivity index (χ4n) is 2.20. The molecule has 0 saturated carbocycles. The van der Waals surface area contributed by atoms with Gasteiger partial charge in [0.1, 0.15) is 6.29 Å². The largest absolute Gasteiger partial charge is 0.381 e. The molecule has 82 valence electrons. The van der Waals surface area contributed by atoms with Crippen molar-refractivity contribution in [3.63, 3.8) is 0 Å². The Balaban J connectivity index is 2.47. The van der Waals surface area contributed by atoms with Gasteiger partial charge in [0.25, 0.3) is 0 Å². The van der Waals surface area contributed by atoms with E-state index in [1.807, 2.05) is 18.2 Å². The van der Waals surface area contributed by atoms with Crippen LogP contribution >= 0.6 is 0 Å². The number of hydrogen-bond donors (Lipinski definition) is 0. The average molecular weight is 215 g/mol. The van der Waals surface area contributed by atoms with Crippen LogP contribution in [0.25, 0.3) is 0 Å². The lowest BCUT2D eigenvalue weighted by atomic mass is 9.74. The van der Waals surface area contributed by atoms with Gasteiger partial charge in [0.2, 0.25) is 0 Å². The number of hydrogen-bond acceptors (Lipinski definition) is 3. The van der Waals surface area contributed by atoms with Crippen LogP contribution in [0.5, 0.6) is 0 Å². The maximum Gasteiger partial charge on any atom is 0.150 e. The quantitative estimate of drug-likeness (QED) is 0.709. The predicted octanol–water partition coefficient (Wildman–Crippen LogP) is 2.07. The minimum Gasteiger partial charge on any atom is -0.381 e. The molecule has 16 heavy (non-hydrogen) atoms. The van der Waals surface area contributed by atoms with Gasteiger partial charge in [-0.2, -0.15) is 5.26 Å². The van der Waals surface area contributed by atoms with E-state index >= 15 is 0 Å². The summed E-state index contributed by atoms with van der Waals surface area (Å²) in [6, 6.07) is 9.69. The molecule has 3 nitrogen and oxygen atoms in total. The Kier molecular flexibility index (Phi) is 3.02.